The summed E-state index contributed by atoms with van der Waals surface area (Å²) in [7, 11) is 0. The average molecular weight is 263 g/mol. The molecule has 1 aliphatic rings. The van der Waals surface area contributed by atoms with Crippen molar-refractivity contribution < 1.29 is 14.3 Å². The van der Waals surface area contributed by atoms with Gasteiger partial charge in [-0.15, -0.1) is 0 Å². The molecule has 0 fully saturated rings. The number of nitrogens with one attached hydrogen (secondary N) is 2. The van der Waals surface area contributed by atoms with E-state index in [0.717, 1.165) is 5.69 Å². The van der Waals surface area contributed by atoms with Crippen LogP contribution < -0.4 is 21.1 Å². The normalized spacial score (nSPS) is 13.8. The third-order valence-electron chi connectivity index (χ3n) is 2.97. The highest BCUT2D eigenvalue weighted by atomic mass is 16.5. The second kappa shape index (κ2) is 4.79. The van der Waals surface area contributed by atoms with Crippen LogP contribution in [-0.2, 0) is 4.79 Å². The lowest BCUT2D eigenvalue weighted by Gasteiger charge is -2.25. The molecule has 0 aliphatic carbocycles. The Morgan fingerprint density at radius 1 is 1.42 bits per heavy atom. The molecule has 6 nitrogen and oxygen atoms in total. The molecule has 1 heterocycles. The van der Waals surface area contributed by atoms with E-state index in [1.807, 2.05) is 6.07 Å². The Kier molecular flexibility index (Phi) is 3.33. The number of fused-ring (bicyclic) bond motifs is 1. The van der Waals surface area contributed by atoms with Crippen LogP contribution in [0.1, 0.15) is 24.2 Å². The van der Waals surface area contributed by atoms with E-state index in [0.29, 0.717) is 24.5 Å². The second-order valence-electron chi connectivity index (χ2n) is 4.90. The van der Waals surface area contributed by atoms with Crippen molar-refractivity contribution in [1.29, 1.82) is 0 Å². The smallest absolute Gasteiger partial charge is 0.255 e. The molecule has 1 aliphatic heterocycles. The van der Waals surface area contributed by atoms with E-state index in [1.54, 1.807) is 26.0 Å². The van der Waals surface area contributed by atoms with Gasteiger partial charge >= 0.3 is 0 Å². The van der Waals surface area contributed by atoms with Crippen molar-refractivity contribution in [2.45, 2.75) is 19.4 Å². The average Bonchev–Trinajstić information content (AvgIpc) is 2.37. The zero-order valence-electron chi connectivity index (χ0n) is 10.9. The summed E-state index contributed by atoms with van der Waals surface area (Å²) in [5.74, 6) is -0.472. The summed E-state index contributed by atoms with van der Waals surface area (Å²) >= 11 is 0. The number of ether oxygens (including phenoxy) is 1. The molecule has 0 aromatic heterocycles. The standard InChI is InChI=1S/C13H17N3O3/c1-13(2,12(14)18)16-11(17)8-4-3-5-9-10(8)19-7-6-15-9/h3-5,15H,6-7H2,1-2H3,(H2,14,18)(H,16,17). The van der Waals surface area contributed by atoms with Crippen LogP contribution in [0.2, 0.25) is 0 Å². The Balaban J connectivity index is 2.27. The number of hydrogen-bond donors (Lipinski definition) is 3. The Morgan fingerprint density at radius 3 is 2.84 bits per heavy atom. The summed E-state index contributed by atoms with van der Waals surface area (Å²) in [6, 6.07) is 5.25. The van der Waals surface area contributed by atoms with E-state index in [4.69, 9.17) is 10.5 Å². The number of hydrogen-bond acceptors (Lipinski definition) is 4. The molecule has 2 rings (SSSR count). The lowest BCUT2D eigenvalue weighted by atomic mass is 10.0. The molecule has 1 aromatic rings. The highest BCUT2D eigenvalue weighted by molar-refractivity contribution is 6.02. The zero-order chi connectivity index (χ0) is 14.0. The minimum Gasteiger partial charge on any atom is -0.489 e. The monoisotopic (exact) mass is 263 g/mol. The molecular weight excluding hydrogens is 246 g/mol. The molecule has 2 amide bonds. The van der Waals surface area contributed by atoms with E-state index in [2.05, 4.69) is 10.6 Å². The van der Waals surface area contributed by atoms with Gasteiger partial charge in [0.15, 0.2) is 5.75 Å². The van der Waals surface area contributed by atoms with Crippen LogP contribution in [0.4, 0.5) is 5.69 Å². The van der Waals surface area contributed by atoms with Gasteiger partial charge in [0.25, 0.3) is 5.91 Å². The van der Waals surface area contributed by atoms with Gasteiger partial charge in [-0.3, -0.25) is 9.59 Å². The van der Waals surface area contributed by atoms with Gasteiger partial charge in [0.2, 0.25) is 5.91 Å². The fourth-order valence-corrected chi connectivity index (χ4v) is 1.76. The highest BCUT2D eigenvalue weighted by Gasteiger charge is 2.29. The van der Waals surface area contributed by atoms with E-state index in [1.165, 1.54) is 0 Å². The first-order valence-electron chi connectivity index (χ1n) is 6.04. The van der Waals surface area contributed by atoms with Crippen molar-refractivity contribution in [2.24, 2.45) is 5.73 Å². The van der Waals surface area contributed by atoms with Gasteiger partial charge < -0.3 is 21.1 Å². The highest BCUT2D eigenvalue weighted by Crippen LogP contribution is 2.31. The summed E-state index contributed by atoms with van der Waals surface area (Å²) in [4.78, 5) is 23.5. The van der Waals surface area contributed by atoms with Gasteiger partial charge in [-0.25, -0.2) is 0 Å². The van der Waals surface area contributed by atoms with Gasteiger partial charge in [0.1, 0.15) is 12.1 Å². The number of benzene rings is 1. The summed E-state index contributed by atoms with van der Waals surface area (Å²) in [5, 5.41) is 5.75. The molecule has 0 saturated heterocycles. The van der Waals surface area contributed by atoms with Crippen molar-refractivity contribution in [1.82, 2.24) is 5.32 Å². The van der Waals surface area contributed by atoms with E-state index in [-0.39, 0.29) is 5.91 Å². The first-order chi connectivity index (χ1) is 8.92. The number of anilines is 1. The van der Waals surface area contributed by atoms with E-state index < -0.39 is 11.4 Å². The van der Waals surface area contributed by atoms with Crippen LogP contribution in [0.5, 0.6) is 5.75 Å². The van der Waals surface area contributed by atoms with Gasteiger partial charge in [-0.2, -0.15) is 0 Å². The Morgan fingerprint density at radius 2 is 2.16 bits per heavy atom. The molecule has 0 atom stereocenters. The van der Waals surface area contributed by atoms with Crippen LogP contribution in [0.3, 0.4) is 0 Å². The number of primary amides is 1. The topological polar surface area (TPSA) is 93.4 Å². The van der Waals surface area contributed by atoms with Crippen LogP contribution in [0.15, 0.2) is 18.2 Å². The van der Waals surface area contributed by atoms with Crippen LogP contribution in [0, 0.1) is 0 Å². The largest absolute Gasteiger partial charge is 0.489 e. The van der Waals surface area contributed by atoms with Crippen molar-refractivity contribution >= 4 is 17.5 Å². The van der Waals surface area contributed by atoms with Crippen molar-refractivity contribution in [3.8, 4) is 5.75 Å². The summed E-state index contributed by atoms with van der Waals surface area (Å²) in [5.41, 5.74) is 5.29. The minimum absolute atomic E-state index is 0.385. The molecule has 0 saturated carbocycles. The summed E-state index contributed by atoms with van der Waals surface area (Å²) in [6.45, 7) is 4.31. The predicted octanol–water partition coefficient (Wildman–Crippen LogP) is 0.485. The minimum atomic E-state index is -1.11. The number of carbonyl (C=O) groups excluding carboxylic acids is 2. The molecular formula is C13H17N3O3. The maximum absolute atomic E-state index is 12.2. The third kappa shape index (κ3) is 2.62. The number of carbonyl (C=O) groups is 2. The van der Waals surface area contributed by atoms with Crippen LogP contribution in [-0.4, -0.2) is 30.5 Å². The molecule has 4 N–H and O–H groups in total. The lowest BCUT2D eigenvalue weighted by molar-refractivity contribution is -0.122. The summed E-state index contributed by atoms with van der Waals surface area (Å²) < 4.78 is 5.51. The van der Waals surface area contributed by atoms with Gasteiger partial charge in [0, 0.05) is 6.54 Å². The van der Waals surface area contributed by atoms with Crippen LogP contribution >= 0.6 is 0 Å². The molecule has 0 radical (unpaired) electrons. The fourth-order valence-electron chi connectivity index (χ4n) is 1.76. The Labute approximate surface area is 111 Å². The van der Waals surface area contributed by atoms with E-state index >= 15 is 0 Å². The van der Waals surface area contributed by atoms with Crippen molar-refractivity contribution in [3.05, 3.63) is 23.8 Å². The Bertz CT molecular complexity index is 526. The molecule has 6 heteroatoms. The first-order valence-corrected chi connectivity index (χ1v) is 6.04. The molecule has 1 aromatic carbocycles. The predicted molar refractivity (Wildman–Crippen MR) is 71.2 cm³/mol. The van der Waals surface area contributed by atoms with E-state index in [9.17, 15) is 9.59 Å². The van der Waals surface area contributed by atoms with Crippen molar-refractivity contribution in [2.75, 3.05) is 18.5 Å². The SMILES string of the molecule is CC(C)(NC(=O)c1cccc2c1OCCN2)C(N)=O. The number of nitrogens with two attached hydrogens (primary N) is 1. The third-order valence-corrected chi connectivity index (χ3v) is 2.97. The second-order valence-corrected chi connectivity index (χ2v) is 4.90. The molecule has 0 unspecified atom stereocenters. The van der Waals surface area contributed by atoms with Gasteiger partial charge in [0.05, 0.1) is 11.3 Å². The van der Waals surface area contributed by atoms with Crippen molar-refractivity contribution in [3.63, 3.8) is 0 Å². The maximum Gasteiger partial charge on any atom is 0.255 e. The fraction of sp³-hybridized carbons (Fsp3) is 0.385. The summed E-state index contributed by atoms with van der Waals surface area (Å²) in [6.07, 6.45) is 0. The van der Waals surface area contributed by atoms with Crippen LogP contribution in [0.25, 0.3) is 0 Å². The van der Waals surface area contributed by atoms with Gasteiger partial charge in [-0.1, -0.05) is 6.07 Å². The maximum atomic E-state index is 12.2. The molecule has 0 bridgehead atoms. The lowest BCUT2D eigenvalue weighted by Crippen LogP contribution is -2.53. The molecule has 19 heavy (non-hydrogen) atoms. The number of rotatable bonds is 3. The number of para-hydroxylation sites is 1. The first kappa shape index (κ1) is 13.2. The van der Waals surface area contributed by atoms with Gasteiger partial charge in [-0.05, 0) is 26.0 Å². The molecule has 0 spiro atoms. The number of amides is 2. The zero-order valence-corrected chi connectivity index (χ0v) is 10.9. The Hall–Kier alpha value is -2.24. The molecule has 102 valence electrons. The quantitative estimate of drug-likeness (QED) is 0.739.